The van der Waals surface area contributed by atoms with Gasteiger partial charge in [0.2, 0.25) is 5.28 Å². The van der Waals surface area contributed by atoms with Crippen LogP contribution in [0.15, 0.2) is 42.5 Å². The highest BCUT2D eigenvalue weighted by molar-refractivity contribution is 6.28. The molecular weight excluding hydrogens is 284 g/mol. The maximum atomic E-state index is 5.98. The van der Waals surface area contributed by atoms with Crippen LogP contribution in [0, 0.1) is 6.92 Å². The standard InChI is InChI=1S/C16H15ClN4/c1-10-14(18)15(21-16(17)20-10)19-9-12-7-4-6-11-5-2-3-8-13(11)12/h2-8H,9,18H2,1H3,(H,19,20,21). The predicted molar refractivity (Wildman–Crippen MR) is 87.5 cm³/mol. The Balaban J connectivity index is 1.91. The SMILES string of the molecule is Cc1nc(Cl)nc(NCc2cccc3ccccc23)c1N. The quantitative estimate of drug-likeness (QED) is 0.722. The molecule has 4 nitrogen and oxygen atoms in total. The molecule has 5 heteroatoms. The third kappa shape index (κ3) is 2.76. The van der Waals surface area contributed by atoms with Crippen LogP contribution in [0.4, 0.5) is 11.5 Å². The van der Waals surface area contributed by atoms with E-state index in [9.17, 15) is 0 Å². The molecule has 0 saturated carbocycles. The number of nitrogens with zero attached hydrogens (tertiary/aromatic N) is 2. The van der Waals surface area contributed by atoms with Gasteiger partial charge in [-0.2, -0.15) is 4.98 Å². The van der Waals surface area contributed by atoms with Gasteiger partial charge in [-0.1, -0.05) is 42.5 Å². The zero-order chi connectivity index (χ0) is 14.8. The lowest BCUT2D eigenvalue weighted by molar-refractivity contribution is 1.06. The van der Waals surface area contributed by atoms with Crippen LogP contribution in [0.5, 0.6) is 0 Å². The van der Waals surface area contributed by atoms with Gasteiger partial charge >= 0.3 is 0 Å². The zero-order valence-electron chi connectivity index (χ0n) is 11.6. The summed E-state index contributed by atoms with van der Waals surface area (Å²) in [6, 6.07) is 14.5. The van der Waals surface area contributed by atoms with Crippen molar-refractivity contribution in [2.75, 3.05) is 11.1 Å². The van der Waals surface area contributed by atoms with Crippen LogP contribution in [0.3, 0.4) is 0 Å². The van der Waals surface area contributed by atoms with Gasteiger partial charge in [0.15, 0.2) is 5.82 Å². The number of benzene rings is 2. The summed E-state index contributed by atoms with van der Waals surface area (Å²) in [6.45, 7) is 2.43. The van der Waals surface area contributed by atoms with E-state index in [0.717, 1.165) is 0 Å². The number of nitrogens with two attached hydrogens (primary N) is 1. The van der Waals surface area contributed by atoms with Crippen molar-refractivity contribution in [1.29, 1.82) is 0 Å². The van der Waals surface area contributed by atoms with E-state index >= 15 is 0 Å². The summed E-state index contributed by atoms with van der Waals surface area (Å²) < 4.78 is 0. The molecule has 0 spiro atoms. The number of halogens is 1. The Morgan fingerprint density at radius 1 is 1.10 bits per heavy atom. The number of nitrogen functional groups attached to an aromatic ring is 1. The van der Waals surface area contributed by atoms with E-state index in [1.807, 2.05) is 25.1 Å². The summed E-state index contributed by atoms with van der Waals surface area (Å²) in [4.78, 5) is 8.17. The van der Waals surface area contributed by atoms with Crippen molar-refractivity contribution in [2.24, 2.45) is 0 Å². The van der Waals surface area contributed by atoms with Crippen molar-refractivity contribution < 1.29 is 0 Å². The zero-order valence-corrected chi connectivity index (χ0v) is 12.4. The van der Waals surface area contributed by atoms with Crippen LogP contribution in [0.2, 0.25) is 5.28 Å². The Morgan fingerprint density at radius 3 is 2.71 bits per heavy atom. The molecule has 0 aliphatic heterocycles. The number of hydrogen-bond donors (Lipinski definition) is 2. The molecule has 0 bridgehead atoms. The number of nitrogens with one attached hydrogen (secondary N) is 1. The van der Waals surface area contributed by atoms with E-state index in [-0.39, 0.29) is 5.28 Å². The molecule has 1 aromatic heterocycles. The summed E-state index contributed by atoms with van der Waals surface area (Å²) in [5.41, 5.74) is 8.37. The third-order valence-electron chi connectivity index (χ3n) is 3.44. The Bertz CT molecular complexity index is 796. The molecule has 0 unspecified atom stereocenters. The number of rotatable bonds is 3. The molecule has 0 aliphatic carbocycles. The van der Waals surface area contributed by atoms with Gasteiger partial charge in [-0.05, 0) is 34.9 Å². The first-order chi connectivity index (χ1) is 10.1. The van der Waals surface area contributed by atoms with Crippen molar-refractivity contribution in [3.05, 3.63) is 59.0 Å². The molecule has 0 radical (unpaired) electrons. The van der Waals surface area contributed by atoms with Crippen LogP contribution in [-0.4, -0.2) is 9.97 Å². The maximum Gasteiger partial charge on any atom is 0.224 e. The van der Waals surface area contributed by atoms with Crippen molar-refractivity contribution in [3.8, 4) is 0 Å². The first-order valence-electron chi connectivity index (χ1n) is 6.65. The van der Waals surface area contributed by atoms with Gasteiger partial charge in [-0.15, -0.1) is 0 Å². The Kier molecular flexibility index (Phi) is 3.62. The second-order valence-electron chi connectivity index (χ2n) is 4.83. The van der Waals surface area contributed by atoms with Gasteiger partial charge in [-0.25, -0.2) is 4.98 Å². The summed E-state index contributed by atoms with van der Waals surface area (Å²) in [5.74, 6) is 0.570. The molecule has 3 rings (SSSR count). The first-order valence-corrected chi connectivity index (χ1v) is 7.03. The third-order valence-corrected chi connectivity index (χ3v) is 3.60. The van der Waals surface area contributed by atoms with Gasteiger partial charge in [0.25, 0.3) is 0 Å². The largest absolute Gasteiger partial charge is 0.394 e. The van der Waals surface area contributed by atoms with E-state index in [0.29, 0.717) is 23.7 Å². The number of fused-ring (bicyclic) bond motifs is 1. The minimum absolute atomic E-state index is 0.196. The molecule has 0 aliphatic rings. The predicted octanol–water partition coefficient (Wildman–Crippen LogP) is 3.79. The first kappa shape index (κ1) is 13.6. The average molecular weight is 299 g/mol. The number of aromatic nitrogens is 2. The minimum Gasteiger partial charge on any atom is -0.394 e. The van der Waals surface area contributed by atoms with E-state index < -0.39 is 0 Å². The minimum atomic E-state index is 0.196. The van der Waals surface area contributed by atoms with E-state index in [1.165, 1.54) is 16.3 Å². The van der Waals surface area contributed by atoms with Gasteiger partial charge in [0.1, 0.15) is 0 Å². The number of hydrogen-bond acceptors (Lipinski definition) is 4. The van der Waals surface area contributed by atoms with Crippen molar-refractivity contribution >= 4 is 33.9 Å². The molecule has 3 N–H and O–H groups in total. The number of anilines is 2. The average Bonchev–Trinajstić information content (AvgIpc) is 2.49. The Labute approximate surface area is 128 Å². The fourth-order valence-corrected chi connectivity index (χ4v) is 2.52. The maximum absolute atomic E-state index is 5.98. The van der Waals surface area contributed by atoms with Gasteiger partial charge in [0, 0.05) is 6.54 Å². The van der Waals surface area contributed by atoms with E-state index in [1.54, 1.807) is 0 Å². The Morgan fingerprint density at radius 2 is 1.86 bits per heavy atom. The molecule has 1 heterocycles. The van der Waals surface area contributed by atoms with Gasteiger partial charge in [0.05, 0.1) is 11.4 Å². The lowest BCUT2D eigenvalue weighted by Crippen LogP contribution is -2.07. The second kappa shape index (κ2) is 5.58. The Hall–Kier alpha value is -2.33. The monoisotopic (exact) mass is 298 g/mol. The fraction of sp³-hybridized carbons (Fsp3) is 0.125. The highest BCUT2D eigenvalue weighted by Gasteiger charge is 2.08. The summed E-state index contributed by atoms with van der Waals surface area (Å²) in [7, 11) is 0. The molecule has 2 aromatic carbocycles. The molecule has 106 valence electrons. The van der Waals surface area contributed by atoms with Gasteiger partial charge < -0.3 is 11.1 Å². The lowest BCUT2D eigenvalue weighted by atomic mass is 10.0. The smallest absolute Gasteiger partial charge is 0.224 e. The van der Waals surface area contributed by atoms with Crippen molar-refractivity contribution in [2.45, 2.75) is 13.5 Å². The second-order valence-corrected chi connectivity index (χ2v) is 5.17. The highest BCUT2D eigenvalue weighted by Crippen LogP contribution is 2.23. The molecule has 21 heavy (non-hydrogen) atoms. The van der Waals surface area contributed by atoms with E-state index in [2.05, 4.69) is 39.6 Å². The fourth-order valence-electron chi connectivity index (χ4n) is 2.31. The summed E-state index contributed by atoms with van der Waals surface area (Å²) in [6.07, 6.45) is 0. The van der Waals surface area contributed by atoms with Crippen LogP contribution < -0.4 is 11.1 Å². The van der Waals surface area contributed by atoms with Crippen LogP contribution in [0.1, 0.15) is 11.3 Å². The molecular formula is C16H15ClN4. The molecule has 3 aromatic rings. The number of aryl methyl sites for hydroxylation is 1. The van der Waals surface area contributed by atoms with Crippen LogP contribution in [-0.2, 0) is 6.54 Å². The summed E-state index contributed by atoms with van der Waals surface area (Å²) >= 11 is 5.88. The van der Waals surface area contributed by atoms with E-state index in [4.69, 9.17) is 17.3 Å². The topological polar surface area (TPSA) is 63.8 Å². The van der Waals surface area contributed by atoms with Crippen LogP contribution >= 0.6 is 11.6 Å². The molecule has 0 saturated heterocycles. The summed E-state index contributed by atoms with van der Waals surface area (Å²) in [5, 5.41) is 5.86. The van der Waals surface area contributed by atoms with Crippen molar-refractivity contribution in [1.82, 2.24) is 9.97 Å². The molecule has 0 fully saturated rings. The molecule has 0 atom stereocenters. The highest BCUT2D eigenvalue weighted by atomic mass is 35.5. The molecule has 0 amide bonds. The lowest BCUT2D eigenvalue weighted by Gasteiger charge is -2.11. The van der Waals surface area contributed by atoms with Gasteiger partial charge in [-0.3, -0.25) is 0 Å². The van der Waals surface area contributed by atoms with Crippen LogP contribution in [0.25, 0.3) is 10.8 Å². The van der Waals surface area contributed by atoms with Crippen molar-refractivity contribution in [3.63, 3.8) is 0 Å². The normalized spacial score (nSPS) is 10.8.